The van der Waals surface area contributed by atoms with E-state index >= 15 is 0 Å². The Kier molecular flexibility index (Phi) is 2.75. The van der Waals surface area contributed by atoms with Gasteiger partial charge in [-0.2, -0.15) is 0 Å². The Morgan fingerprint density at radius 1 is 1.39 bits per heavy atom. The number of H-pyrrole nitrogens is 1. The average molecular weight is 240 g/mol. The summed E-state index contributed by atoms with van der Waals surface area (Å²) in [6.45, 7) is 4.36. The highest BCUT2D eigenvalue weighted by molar-refractivity contribution is 5.88. The minimum Gasteiger partial charge on any atom is -0.361 e. The van der Waals surface area contributed by atoms with Gasteiger partial charge in [0.2, 0.25) is 0 Å². The van der Waals surface area contributed by atoms with Crippen LogP contribution in [0.25, 0.3) is 10.9 Å². The van der Waals surface area contributed by atoms with Crippen LogP contribution in [0.3, 0.4) is 0 Å². The number of hydrogen-bond donors (Lipinski definition) is 2. The molecular formula is C16H20N2. The maximum absolute atomic E-state index is 3.47. The summed E-state index contributed by atoms with van der Waals surface area (Å²) in [7, 11) is 2.06. The average Bonchev–Trinajstić information content (AvgIpc) is 2.76. The van der Waals surface area contributed by atoms with E-state index in [1.54, 1.807) is 0 Å². The Morgan fingerprint density at radius 2 is 2.22 bits per heavy atom. The number of rotatable bonds is 2. The van der Waals surface area contributed by atoms with Gasteiger partial charge >= 0.3 is 0 Å². The van der Waals surface area contributed by atoms with Crippen LogP contribution in [0.4, 0.5) is 0 Å². The highest BCUT2D eigenvalue weighted by Gasteiger charge is 2.28. The maximum atomic E-state index is 3.47. The third-order valence-electron chi connectivity index (χ3n) is 3.94. The first-order chi connectivity index (χ1) is 8.70. The number of benzene rings is 1. The molecule has 1 heterocycles. The monoisotopic (exact) mass is 240 g/mol. The molecule has 2 aromatic rings. The topological polar surface area (TPSA) is 27.8 Å². The summed E-state index contributed by atoms with van der Waals surface area (Å²) < 4.78 is 0. The highest BCUT2D eigenvalue weighted by Crippen LogP contribution is 2.37. The van der Waals surface area contributed by atoms with Crippen molar-refractivity contribution in [3.05, 3.63) is 47.2 Å². The van der Waals surface area contributed by atoms with E-state index in [9.17, 15) is 0 Å². The van der Waals surface area contributed by atoms with Gasteiger partial charge in [0.15, 0.2) is 0 Å². The third-order valence-corrected chi connectivity index (χ3v) is 3.94. The lowest BCUT2D eigenvalue weighted by Gasteiger charge is -2.30. The Morgan fingerprint density at radius 3 is 2.94 bits per heavy atom. The van der Waals surface area contributed by atoms with Crippen molar-refractivity contribution in [2.75, 3.05) is 7.05 Å². The second kappa shape index (κ2) is 4.29. The molecule has 0 unspecified atom stereocenters. The molecule has 0 radical (unpaired) electrons. The summed E-state index contributed by atoms with van der Waals surface area (Å²) in [5.41, 5.74) is 5.55. The molecule has 0 saturated heterocycles. The predicted molar refractivity (Wildman–Crippen MR) is 77.0 cm³/mol. The summed E-state index contributed by atoms with van der Waals surface area (Å²) >= 11 is 0. The number of allylic oxidation sites excluding steroid dienone is 1. The summed E-state index contributed by atoms with van der Waals surface area (Å²) in [6, 6.07) is 7.09. The van der Waals surface area contributed by atoms with Gasteiger partial charge in [0.05, 0.1) is 0 Å². The zero-order chi connectivity index (χ0) is 12.7. The van der Waals surface area contributed by atoms with Crippen molar-refractivity contribution >= 4 is 10.9 Å². The fourth-order valence-corrected chi connectivity index (χ4v) is 3.15. The van der Waals surface area contributed by atoms with E-state index in [-0.39, 0.29) is 0 Å². The Hall–Kier alpha value is -1.54. The van der Waals surface area contributed by atoms with E-state index in [1.165, 1.54) is 27.6 Å². The van der Waals surface area contributed by atoms with Crippen LogP contribution in [0.15, 0.2) is 36.0 Å². The maximum Gasteiger partial charge on any atom is 0.0459 e. The second-order valence-corrected chi connectivity index (χ2v) is 5.45. The summed E-state index contributed by atoms with van der Waals surface area (Å²) in [6.07, 6.45) is 5.66. The molecule has 2 heteroatoms. The van der Waals surface area contributed by atoms with Gasteiger partial charge in [-0.05, 0) is 44.5 Å². The van der Waals surface area contributed by atoms with Crippen LogP contribution in [-0.2, 0) is 6.42 Å². The van der Waals surface area contributed by atoms with Gasteiger partial charge in [0, 0.05) is 29.1 Å². The summed E-state index contributed by atoms with van der Waals surface area (Å²) in [5, 5.41) is 4.91. The van der Waals surface area contributed by atoms with Crippen molar-refractivity contribution in [2.24, 2.45) is 0 Å². The number of hydrogen-bond acceptors (Lipinski definition) is 1. The van der Waals surface area contributed by atoms with Crippen LogP contribution in [0.1, 0.15) is 30.9 Å². The lowest BCUT2D eigenvalue weighted by atomic mass is 9.79. The zero-order valence-corrected chi connectivity index (χ0v) is 11.2. The van der Waals surface area contributed by atoms with Crippen LogP contribution in [0.5, 0.6) is 0 Å². The molecule has 1 aromatic heterocycles. The van der Waals surface area contributed by atoms with Gasteiger partial charge in [-0.3, -0.25) is 0 Å². The molecule has 2 nitrogen and oxygen atoms in total. The molecule has 0 fully saturated rings. The molecule has 3 rings (SSSR count). The van der Waals surface area contributed by atoms with Gasteiger partial charge in [-0.25, -0.2) is 0 Å². The molecule has 0 amide bonds. The molecular weight excluding hydrogens is 220 g/mol. The Balaban J connectivity index is 2.22. The van der Waals surface area contributed by atoms with E-state index in [2.05, 4.69) is 61.7 Å². The molecule has 0 aliphatic heterocycles. The van der Waals surface area contributed by atoms with Crippen molar-refractivity contribution in [1.29, 1.82) is 0 Å². The SMILES string of the molecule is CN[C@@H]1Cc2c[nH]c3cccc(c23)[C@@H]1C=C(C)C. The minimum absolute atomic E-state index is 0.479. The highest BCUT2D eigenvalue weighted by atomic mass is 14.9. The lowest BCUT2D eigenvalue weighted by Crippen LogP contribution is -2.35. The van der Waals surface area contributed by atoms with Gasteiger partial charge < -0.3 is 10.3 Å². The van der Waals surface area contributed by atoms with Crippen LogP contribution in [0.2, 0.25) is 0 Å². The molecule has 0 bridgehead atoms. The van der Waals surface area contributed by atoms with Gasteiger partial charge in [-0.1, -0.05) is 23.8 Å². The quantitative estimate of drug-likeness (QED) is 0.774. The van der Waals surface area contributed by atoms with E-state index in [4.69, 9.17) is 0 Å². The molecule has 0 saturated carbocycles. The standard InChI is InChI=1S/C16H20N2/c1-10(2)7-13-12-5-4-6-14-16(12)11(9-18-14)8-15(13)17-3/h4-7,9,13,15,17-18H,8H2,1-3H3/t13-,15+/m0/s1. The van der Waals surface area contributed by atoms with Crippen molar-refractivity contribution in [1.82, 2.24) is 10.3 Å². The lowest BCUT2D eigenvalue weighted by molar-refractivity contribution is 0.505. The number of nitrogens with one attached hydrogen (secondary N) is 2. The van der Waals surface area contributed by atoms with Crippen molar-refractivity contribution in [2.45, 2.75) is 32.2 Å². The molecule has 1 aliphatic rings. The molecule has 2 atom stereocenters. The number of aromatic nitrogens is 1. The minimum atomic E-state index is 0.479. The first kappa shape index (κ1) is 11.5. The first-order valence-corrected chi connectivity index (χ1v) is 6.62. The van der Waals surface area contributed by atoms with Crippen LogP contribution in [-0.4, -0.2) is 18.1 Å². The number of aromatic amines is 1. The second-order valence-electron chi connectivity index (χ2n) is 5.45. The fourth-order valence-electron chi connectivity index (χ4n) is 3.15. The molecule has 1 aliphatic carbocycles. The zero-order valence-electron chi connectivity index (χ0n) is 11.2. The van der Waals surface area contributed by atoms with Crippen molar-refractivity contribution < 1.29 is 0 Å². The van der Waals surface area contributed by atoms with Gasteiger partial charge in [0.25, 0.3) is 0 Å². The molecule has 2 N–H and O–H groups in total. The van der Waals surface area contributed by atoms with E-state index in [0.29, 0.717) is 12.0 Å². The number of likely N-dealkylation sites (N-methyl/N-ethyl adjacent to an activating group) is 1. The van der Waals surface area contributed by atoms with Gasteiger partial charge in [-0.15, -0.1) is 0 Å². The molecule has 0 spiro atoms. The summed E-state index contributed by atoms with van der Waals surface area (Å²) in [5.74, 6) is 0.479. The fraction of sp³-hybridized carbons (Fsp3) is 0.375. The molecule has 94 valence electrons. The Labute approximate surface area is 108 Å². The van der Waals surface area contributed by atoms with Crippen LogP contribution < -0.4 is 5.32 Å². The predicted octanol–water partition coefficient (Wildman–Crippen LogP) is 3.36. The molecule has 1 aromatic carbocycles. The third kappa shape index (κ3) is 1.68. The van der Waals surface area contributed by atoms with Crippen LogP contribution in [0, 0.1) is 0 Å². The van der Waals surface area contributed by atoms with Crippen molar-refractivity contribution in [3.8, 4) is 0 Å². The van der Waals surface area contributed by atoms with E-state index < -0.39 is 0 Å². The molecule has 18 heavy (non-hydrogen) atoms. The largest absolute Gasteiger partial charge is 0.361 e. The van der Waals surface area contributed by atoms with E-state index in [1.807, 2.05) is 0 Å². The normalized spacial score (nSPS) is 22.2. The van der Waals surface area contributed by atoms with Crippen LogP contribution >= 0.6 is 0 Å². The van der Waals surface area contributed by atoms with E-state index in [0.717, 1.165) is 6.42 Å². The van der Waals surface area contributed by atoms with Gasteiger partial charge in [0.1, 0.15) is 0 Å². The smallest absolute Gasteiger partial charge is 0.0459 e. The Bertz CT molecular complexity index is 603. The first-order valence-electron chi connectivity index (χ1n) is 6.62. The summed E-state index contributed by atoms with van der Waals surface area (Å²) in [4.78, 5) is 3.39. The van der Waals surface area contributed by atoms with Crippen molar-refractivity contribution in [3.63, 3.8) is 0 Å².